The van der Waals surface area contributed by atoms with Crippen molar-refractivity contribution in [1.29, 1.82) is 0 Å². The van der Waals surface area contributed by atoms with Gasteiger partial charge < -0.3 is 24.4 Å². The average Bonchev–Trinajstić information content (AvgIpc) is 3.21. The summed E-state index contributed by atoms with van der Waals surface area (Å²) in [6, 6.07) is 14.6. The van der Waals surface area contributed by atoms with Gasteiger partial charge in [0.25, 0.3) is 0 Å². The van der Waals surface area contributed by atoms with E-state index in [1.807, 2.05) is 36.4 Å². The lowest BCUT2D eigenvalue weighted by atomic mass is 10.2. The smallest absolute Gasteiger partial charge is 0.248 e. The normalized spacial score (nSPS) is 10.9. The molecule has 148 valence electrons. The molecule has 0 unspecified atom stereocenters. The minimum Gasteiger partial charge on any atom is -0.491 e. The molecule has 0 spiro atoms. The Kier molecular flexibility index (Phi) is 7.34. The van der Waals surface area contributed by atoms with Gasteiger partial charge in [-0.2, -0.15) is 0 Å². The zero-order valence-electron chi connectivity index (χ0n) is 15.3. The molecule has 2 N–H and O–H groups in total. The van der Waals surface area contributed by atoms with E-state index in [1.165, 1.54) is 0 Å². The maximum absolute atomic E-state index is 11.9. The molecule has 3 aromatic rings. The predicted octanol–water partition coefficient (Wildman–Crippen LogP) is 3.37. The molecule has 2 aromatic carbocycles. The van der Waals surface area contributed by atoms with Gasteiger partial charge in [-0.25, -0.2) is 4.39 Å². The summed E-state index contributed by atoms with van der Waals surface area (Å²) in [5, 5.41) is 8.19. The van der Waals surface area contributed by atoms with E-state index in [4.69, 9.17) is 24.4 Å². The van der Waals surface area contributed by atoms with Gasteiger partial charge in [-0.15, -0.1) is 10.2 Å². The van der Waals surface area contributed by atoms with E-state index in [-0.39, 0.29) is 6.61 Å². The van der Waals surface area contributed by atoms with Crippen LogP contribution in [0.5, 0.6) is 5.75 Å². The highest BCUT2D eigenvalue weighted by molar-refractivity contribution is 5.60. The van der Waals surface area contributed by atoms with E-state index in [9.17, 15) is 4.39 Å². The van der Waals surface area contributed by atoms with Gasteiger partial charge in [-0.3, -0.25) is 0 Å². The van der Waals surface area contributed by atoms with Crippen LogP contribution in [0.25, 0.3) is 22.9 Å². The fourth-order valence-corrected chi connectivity index (χ4v) is 2.40. The van der Waals surface area contributed by atoms with Crippen molar-refractivity contribution in [2.75, 3.05) is 45.4 Å². The van der Waals surface area contributed by atoms with Crippen molar-refractivity contribution in [1.82, 2.24) is 10.2 Å². The molecule has 0 atom stereocenters. The van der Waals surface area contributed by atoms with Gasteiger partial charge in [0.1, 0.15) is 19.0 Å². The van der Waals surface area contributed by atoms with Crippen LogP contribution in [0.1, 0.15) is 0 Å². The Balaban J connectivity index is 1.51. The molecule has 0 saturated heterocycles. The van der Waals surface area contributed by atoms with Crippen molar-refractivity contribution in [2.45, 2.75) is 0 Å². The number of alkyl halides is 1. The Labute approximate surface area is 162 Å². The molecule has 0 amide bonds. The molecule has 0 aliphatic heterocycles. The summed E-state index contributed by atoms with van der Waals surface area (Å²) in [5.41, 5.74) is 7.92. The Morgan fingerprint density at radius 3 is 2.25 bits per heavy atom. The highest BCUT2D eigenvalue weighted by Crippen LogP contribution is 2.26. The van der Waals surface area contributed by atoms with Gasteiger partial charge in [0.05, 0.1) is 26.4 Å². The van der Waals surface area contributed by atoms with E-state index in [0.717, 1.165) is 11.1 Å². The Bertz CT molecular complexity index is 855. The number of benzene rings is 2. The van der Waals surface area contributed by atoms with Crippen LogP contribution < -0.4 is 10.5 Å². The third-order valence-electron chi connectivity index (χ3n) is 3.75. The van der Waals surface area contributed by atoms with E-state index >= 15 is 0 Å². The number of aromatic nitrogens is 2. The first-order chi connectivity index (χ1) is 13.8. The number of rotatable bonds is 11. The fraction of sp³-hybridized carbons (Fsp3) is 0.300. The first-order valence-electron chi connectivity index (χ1n) is 8.90. The molecular formula is C20H22FN3O4. The summed E-state index contributed by atoms with van der Waals surface area (Å²) in [4.78, 5) is 0. The first-order valence-corrected chi connectivity index (χ1v) is 8.90. The van der Waals surface area contributed by atoms with E-state index in [0.29, 0.717) is 49.6 Å². The zero-order chi connectivity index (χ0) is 19.6. The van der Waals surface area contributed by atoms with Crippen LogP contribution in [-0.4, -0.2) is 49.9 Å². The Morgan fingerprint density at radius 2 is 1.50 bits per heavy atom. The lowest BCUT2D eigenvalue weighted by Gasteiger charge is -2.08. The van der Waals surface area contributed by atoms with E-state index in [2.05, 4.69) is 10.2 Å². The van der Waals surface area contributed by atoms with Crippen molar-refractivity contribution in [3.8, 4) is 28.7 Å². The topological polar surface area (TPSA) is 92.6 Å². The Hall–Kier alpha value is -2.97. The quantitative estimate of drug-likeness (QED) is 0.398. The molecule has 0 saturated carbocycles. The van der Waals surface area contributed by atoms with Gasteiger partial charge >= 0.3 is 0 Å². The van der Waals surface area contributed by atoms with Gasteiger partial charge in [0, 0.05) is 16.8 Å². The lowest BCUT2D eigenvalue weighted by molar-refractivity contribution is 0.0325. The van der Waals surface area contributed by atoms with Crippen LogP contribution in [0.4, 0.5) is 10.1 Å². The second-order valence-corrected chi connectivity index (χ2v) is 5.82. The van der Waals surface area contributed by atoms with Crippen molar-refractivity contribution >= 4 is 5.69 Å². The van der Waals surface area contributed by atoms with Gasteiger partial charge in [-0.05, 0) is 42.5 Å². The van der Waals surface area contributed by atoms with Crippen molar-refractivity contribution in [3.63, 3.8) is 0 Å². The lowest BCUT2D eigenvalue weighted by Crippen LogP contribution is -2.11. The molecule has 0 bridgehead atoms. The molecule has 8 heteroatoms. The summed E-state index contributed by atoms with van der Waals surface area (Å²) in [6.07, 6.45) is 0. The number of nitrogens with zero attached hydrogens (tertiary/aromatic N) is 2. The molecule has 0 aliphatic carbocycles. The number of nitrogens with two attached hydrogens (primary N) is 1. The average molecular weight is 387 g/mol. The zero-order valence-corrected chi connectivity index (χ0v) is 15.3. The highest BCUT2D eigenvalue weighted by Gasteiger charge is 2.11. The molecule has 0 aliphatic rings. The second-order valence-electron chi connectivity index (χ2n) is 5.82. The Morgan fingerprint density at radius 1 is 0.821 bits per heavy atom. The first kappa shape index (κ1) is 19.8. The largest absolute Gasteiger partial charge is 0.491 e. The van der Waals surface area contributed by atoms with Crippen LogP contribution in [0, 0.1) is 0 Å². The van der Waals surface area contributed by atoms with Gasteiger partial charge in [0.2, 0.25) is 11.8 Å². The SMILES string of the molecule is Nc1ccc(-c2nnc(-c3cccc(OCCOCCOCCF)c3)o2)cc1. The minimum atomic E-state index is -0.485. The van der Waals surface area contributed by atoms with Gasteiger partial charge in [-0.1, -0.05) is 6.07 Å². The second kappa shape index (κ2) is 10.4. The summed E-state index contributed by atoms with van der Waals surface area (Å²) < 4.78 is 33.6. The van der Waals surface area contributed by atoms with Crippen molar-refractivity contribution < 1.29 is 23.0 Å². The molecule has 1 aromatic heterocycles. The maximum Gasteiger partial charge on any atom is 0.248 e. The monoisotopic (exact) mass is 387 g/mol. The number of anilines is 1. The van der Waals surface area contributed by atoms with E-state index in [1.54, 1.807) is 12.1 Å². The van der Waals surface area contributed by atoms with Crippen LogP contribution >= 0.6 is 0 Å². The van der Waals surface area contributed by atoms with Crippen LogP contribution in [0.3, 0.4) is 0 Å². The standard InChI is InChI=1S/C20H22FN3O4/c21-8-9-25-10-11-26-12-13-27-18-3-1-2-16(14-18)20-24-23-19(28-20)15-4-6-17(22)7-5-15/h1-7,14H,8-13,22H2. The molecular weight excluding hydrogens is 365 g/mol. The number of hydrogen-bond donors (Lipinski definition) is 1. The van der Waals surface area contributed by atoms with Crippen molar-refractivity contribution in [3.05, 3.63) is 48.5 Å². The number of hydrogen-bond acceptors (Lipinski definition) is 7. The molecule has 0 fully saturated rings. The number of nitrogen functional groups attached to an aromatic ring is 1. The van der Waals surface area contributed by atoms with E-state index < -0.39 is 6.67 Å². The minimum absolute atomic E-state index is 0.0996. The van der Waals surface area contributed by atoms with Crippen molar-refractivity contribution in [2.24, 2.45) is 0 Å². The predicted molar refractivity (Wildman–Crippen MR) is 103 cm³/mol. The summed E-state index contributed by atoms with van der Waals surface area (Å²) in [5.74, 6) is 1.49. The maximum atomic E-state index is 11.9. The third kappa shape index (κ3) is 5.77. The fourth-order valence-electron chi connectivity index (χ4n) is 2.40. The summed E-state index contributed by atoms with van der Waals surface area (Å²) in [6.45, 7) is 1.17. The molecule has 7 nitrogen and oxygen atoms in total. The number of ether oxygens (including phenoxy) is 3. The number of halogens is 1. The third-order valence-corrected chi connectivity index (χ3v) is 3.75. The summed E-state index contributed by atoms with van der Waals surface area (Å²) in [7, 11) is 0. The van der Waals surface area contributed by atoms with Crippen LogP contribution in [0.2, 0.25) is 0 Å². The van der Waals surface area contributed by atoms with Crippen LogP contribution in [0.15, 0.2) is 52.9 Å². The molecule has 0 radical (unpaired) electrons. The molecule has 1 heterocycles. The molecule has 28 heavy (non-hydrogen) atoms. The van der Waals surface area contributed by atoms with Crippen LogP contribution in [-0.2, 0) is 9.47 Å². The summed E-state index contributed by atoms with van der Waals surface area (Å²) >= 11 is 0. The molecule has 3 rings (SSSR count). The van der Waals surface area contributed by atoms with Gasteiger partial charge in [0.15, 0.2) is 0 Å². The highest BCUT2D eigenvalue weighted by atomic mass is 19.1.